The number of phenolic OH excluding ortho intramolecular Hbond substituents is 1. The number of nitrogens with zero attached hydrogens (tertiary/aromatic N) is 4. The van der Waals surface area contributed by atoms with Crippen LogP contribution in [0.2, 0.25) is 0 Å². The molecule has 44 heavy (non-hydrogen) atoms. The van der Waals surface area contributed by atoms with Gasteiger partial charge >= 0.3 is 6.03 Å². The lowest BCUT2D eigenvalue weighted by Gasteiger charge is -2.39. The highest BCUT2D eigenvalue weighted by Gasteiger charge is 2.37. The number of H-pyrrole nitrogens is 1. The molecular weight excluding hydrogens is 577 g/mol. The summed E-state index contributed by atoms with van der Waals surface area (Å²) in [4.78, 5) is 27.7. The lowest BCUT2D eigenvalue weighted by Crippen LogP contribution is -2.47. The summed E-state index contributed by atoms with van der Waals surface area (Å²) in [6.45, 7) is 2.53. The first-order valence-corrected chi connectivity index (χ1v) is 14.7. The molecule has 2 aliphatic heterocycles. The monoisotopic (exact) mass is 611 g/mol. The average Bonchev–Trinajstić information content (AvgIpc) is 3.45. The maximum absolute atomic E-state index is 14.5. The number of urea groups is 1. The highest BCUT2D eigenvalue weighted by atomic mass is 35.5. The normalized spacial score (nSPS) is 16.6. The zero-order valence-electron chi connectivity index (χ0n) is 24.7. The summed E-state index contributed by atoms with van der Waals surface area (Å²) in [6, 6.07) is 25.3. The van der Waals surface area contributed by atoms with E-state index in [4.69, 9.17) is 4.98 Å². The van der Waals surface area contributed by atoms with Gasteiger partial charge in [-0.25, -0.2) is 14.2 Å². The van der Waals surface area contributed by atoms with Gasteiger partial charge < -0.3 is 19.9 Å². The molecule has 0 aliphatic carbocycles. The van der Waals surface area contributed by atoms with Gasteiger partial charge in [0.25, 0.3) is 0 Å². The van der Waals surface area contributed by atoms with E-state index in [0.29, 0.717) is 11.7 Å². The molecule has 0 saturated carbocycles. The SMILES string of the molecule is CN1CCC(c2ccc(-c3ccc4c(c3)N(C)C(=O)N(C(c3nc5ccccc5[nH]3)c3cc(F)ccc3O)C4)cc2)CC1.Cl. The lowest BCUT2D eigenvalue weighted by molar-refractivity contribution is 0.181. The number of phenols is 1. The van der Waals surface area contributed by atoms with Crippen LogP contribution in [0.3, 0.4) is 0 Å². The molecule has 5 aromatic rings. The van der Waals surface area contributed by atoms with Gasteiger partial charge in [0, 0.05) is 12.6 Å². The summed E-state index contributed by atoms with van der Waals surface area (Å²) in [5.41, 5.74) is 7.09. The van der Waals surface area contributed by atoms with E-state index in [1.807, 2.05) is 30.3 Å². The number of hydrogen-bond acceptors (Lipinski definition) is 4. The van der Waals surface area contributed by atoms with Gasteiger partial charge in [-0.2, -0.15) is 0 Å². The smallest absolute Gasteiger partial charge is 0.325 e. The predicted molar refractivity (Wildman–Crippen MR) is 174 cm³/mol. The maximum Gasteiger partial charge on any atom is 0.325 e. The number of anilines is 1. The molecule has 0 radical (unpaired) electrons. The number of para-hydroxylation sites is 2. The molecule has 7 nitrogen and oxygen atoms in total. The number of amides is 2. The number of halogens is 2. The topological polar surface area (TPSA) is 75.7 Å². The molecule has 7 rings (SSSR count). The number of aromatic nitrogens is 2. The van der Waals surface area contributed by atoms with E-state index >= 15 is 0 Å². The van der Waals surface area contributed by atoms with Crippen LogP contribution in [0.25, 0.3) is 22.2 Å². The number of imidazole rings is 1. The average molecular weight is 612 g/mol. The van der Waals surface area contributed by atoms with Gasteiger partial charge in [-0.1, -0.05) is 48.5 Å². The Balaban J connectivity index is 0.00000343. The molecule has 0 spiro atoms. The van der Waals surface area contributed by atoms with Gasteiger partial charge in [0.1, 0.15) is 23.4 Å². The van der Waals surface area contributed by atoms with Crippen molar-refractivity contribution in [1.82, 2.24) is 19.8 Å². The van der Waals surface area contributed by atoms with Crippen LogP contribution in [0.1, 0.15) is 47.3 Å². The molecule has 4 aromatic carbocycles. The van der Waals surface area contributed by atoms with E-state index in [2.05, 4.69) is 53.3 Å². The molecule has 9 heteroatoms. The molecule has 1 fully saturated rings. The number of aromatic hydroxyl groups is 1. The highest BCUT2D eigenvalue weighted by Crippen LogP contribution is 2.41. The van der Waals surface area contributed by atoms with E-state index in [-0.39, 0.29) is 36.3 Å². The fourth-order valence-electron chi connectivity index (χ4n) is 6.54. The molecule has 2 N–H and O–H groups in total. The van der Waals surface area contributed by atoms with Crippen molar-refractivity contribution in [1.29, 1.82) is 0 Å². The molecule has 3 heterocycles. The Morgan fingerprint density at radius 3 is 2.41 bits per heavy atom. The Hall–Kier alpha value is -4.40. The number of piperidine rings is 1. The minimum Gasteiger partial charge on any atom is -0.508 e. The first-order chi connectivity index (χ1) is 20.9. The minimum absolute atomic E-state index is 0. The fourth-order valence-corrected chi connectivity index (χ4v) is 6.54. The summed E-state index contributed by atoms with van der Waals surface area (Å²) >= 11 is 0. The number of benzene rings is 4. The first kappa shape index (κ1) is 29.7. The first-order valence-electron chi connectivity index (χ1n) is 14.7. The van der Waals surface area contributed by atoms with Gasteiger partial charge in [0.2, 0.25) is 0 Å². The Labute approximate surface area is 262 Å². The van der Waals surface area contributed by atoms with Crippen LogP contribution in [0, 0.1) is 5.82 Å². The third-order valence-corrected chi connectivity index (χ3v) is 9.02. The van der Waals surface area contributed by atoms with Crippen LogP contribution < -0.4 is 4.90 Å². The molecular formula is C35H35ClFN5O2. The molecule has 2 aliphatic rings. The van der Waals surface area contributed by atoms with Crippen LogP contribution in [0.4, 0.5) is 14.9 Å². The zero-order chi connectivity index (χ0) is 29.7. The van der Waals surface area contributed by atoms with E-state index < -0.39 is 11.9 Å². The Kier molecular flexibility index (Phi) is 8.05. The van der Waals surface area contributed by atoms with Gasteiger partial charge in [-0.3, -0.25) is 4.90 Å². The highest BCUT2D eigenvalue weighted by molar-refractivity contribution is 5.96. The summed E-state index contributed by atoms with van der Waals surface area (Å²) in [6.07, 6.45) is 2.36. The molecule has 226 valence electrons. The summed E-state index contributed by atoms with van der Waals surface area (Å²) in [7, 11) is 3.93. The van der Waals surface area contributed by atoms with Gasteiger partial charge in [0.05, 0.1) is 23.3 Å². The number of carbonyl (C=O) groups is 1. The van der Waals surface area contributed by atoms with Crippen LogP contribution >= 0.6 is 12.4 Å². The number of aromatic amines is 1. The molecule has 2 amide bonds. The Bertz CT molecular complexity index is 1780. The number of carbonyl (C=O) groups excluding carboxylic acids is 1. The van der Waals surface area contributed by atoms with Crippen molar-refractivity contribution in [2.24, 2.45) is 0 Å². The number of rotatable bonds is 5. The van der Waals surface area contributed by atoms with Crippen molar-refractivity contribution in [3.63, 3.8) is 0 Å². The molecule has 1 atom stereocenters. The molecule has 1 unspecified atom stereocenters. The van der Waals surface area contributed by atoms with Crippen molar-refractivity contribution in [2.45, 2.75) is 31.3 Å². The van der Waals surface area contributed by atoms with E-state index in [9.17, 15) is 14.3 Å². The lowest BCUT2D eigenvalue weighted by atomic mass is 9.88. The number of fused-ring (bicyclic) bond motifs is 2. The molecule has 0 bridgehead atoms. The Morgan fingerprint density at radius 2 is 1.66 bits per heavy atom. The molecule has 1 aromatic heterocycles. The van der Waals surface area contributed by atoms with Crippen LogP contribution in [0.5, 0.6) is 5.75 Å². The van der Waals surface area contributed by atoms with Crippen molar-refractivity contribution >= 4 is 35.2 Å². The van der Waals surface area contributed by atoms with Gasteiger partial charge in [-0.15, -0.1) is 12.4 Å². The van der Waals surface area contributed by atoms with E-state index in [1.54, 1.807) is 16.8 Å². The largest absolute Gasteiger partial charge is 0.508 e. The zero-order valence-corrected chi connectivity index (χ0v) is 25.5. The third kappa shape index (κ3) is 5.40. The quantitative estimate of drug-likeness (QED) is 0.216. The van der Waals surface area contributed by atoms with Crippen molar-refractivity contribution < 1.29 is 14.3 Å². The van der Waals surface area contributed by atoms with E-state index in [0.717, 1.165) is 46.5 Å². The second-order valence-electron chi connectivity index (χ2n) is 11.8. The summed E-state index contributed by atoms with van der Waals surface area (Å²) < 4.78 is 14.5. The second kappa shape index (κ2) is 11.9. The fraction of sp³-hybridized carbons (Fsp3) is 0.257. The number of nitrogens with one attached hydrogen (secondary N) is 1. The number of likely N-dealkylation sites (tertiary alicyclic amines) is 1. The van der Waals surface area contributed by atoms with Crippen LogP contribution in [-0.4, -0.2) is 58.1 Å². The van der Waals surface area contributed by atoms with Crippen molar-refractivity contribution in [3.8, 4) is 16.9 Å². The Morgan fingerprint density at radius 1 is 0.932 bits per heavy atom. The predicted octanol–water partition coefficient (Wildman–Crippen LogP) is 7.47. The summed E-state index contributed by atoms with van der Waals surface area (Å²) in [5.74, 6) is 0.445. The third-order valence-electron chi connectivity index (χ3n) is 9.02. The maximum atomic E-state index is 14.5. The summed E-state index contributed by atoms with van der Waals surface area (Å²) in [5, 5.41) is 10.8. The van der Waals surface area contributed by atoms with E-state index in [1.165, 1.54) is 36.6 Å². The number of hydrogen-bond donors (Lipinski definition) is 2. The standard InChI is InChI=1S/C35H34FN5O2.ClH/c1-39-17-15-24(16-18-39)22-7-9-23(10-8-22)25-11-12-26-21-41(35(43)40(2)31(26)19-25)33(28-20-27(36)13-14-32(28)42)34-37-29-5-3-4-6-30(29)38-34;/h3-14,19-20,24,33,42H,15-18,21H2,1-2H3,(H,37,38);1H. The van der Waals surface area contributed by atoms with Crippen LogP contribution in [0.15, 0.2) is 84.9 Å². The van der Waals surface area contributed by atoms with Gasteiger partial charge in [-0.05, 0) is 97.5 Å². The second-order valence-corrected chi connectivity index (χ2v) is 11.8. The minimum atomic E-state index is -0.835. The van der Waals surface area contributed by atoms with Crippen LogP contribution in [-0.2, 0) is 6.54 Å². The van der Waals surface area contributed by atoms with Crippen molar-refractivity contribution in [2.75, 3.05) is 32.1 Å². The van der Waals surface area contributed by atoms with Gasteiger partial charge in [0.15, 0.2) is 0 Å². The molecule has 1 saturated heterocycles. The van der Waals surface area contributed by atoms with Crippen molar-refractivity contribution in [3.05, 3.63) is 113 Å².